The number of aromatic nitrogens is 3. The van der Waals surface area contributed by atoms with E-state index in [1.165, 1.54) is 0 Å². The van der Waals surface area contributed by atoms with Crippen molar-refractivity contribution in [2.45, 2.75) is 13.0 Å². The Balaban J connectivity index is 1.26. The average molecular weight is 444 g/mol. The Hall–Kier alpha value is -3.78. The number of rotatable bonds is 5. The molecule has 1 N–H and O–H groups in total. The molecule has 0 radical (unpaired) electrons. The molecule has 160 valence electrons. The number of fused-ring (bicyclic) bond motifs is 1. The Bertz CT molecular complexity index is 1220. The molecule has 0 unspecified atom stereocenters. The number of ether oxygens (including phenoxy) is 1. The highest BCUT2D eigenvalue weighted by atomic mass is 32.1. The standard InChI is InChI=1S/C24H21N5O2S/c1-31-18-9-7-16(8-10-18)19-11-12-22(28-27-19)26-24-25-20-13-14-29(15-21(20)32-24)23(30)17-5-3-2-4-6-17/h2-12H,13-15H2,1H3,(H,25,26,28). The van der Waals surface area contributed by atoms with Gasteiger partial charge >= 0.3 is 0 Å². The summed E-state index contributed by atoms with van der Waals surface area (Å²) < 4.78 is 5.19. The minimum Gasteiger partial charge on any atom is -0.497 e. The van der Waals surface area contributed by atoms with Gasteiger partial charge in [0.25, 0.3) is 5.91 Å². The second-order valence-electron chi connectivity index (χ2n) is 7.39. The normalized spacial score (nSPS) is 12.8. The lowest BCUT2D eigenvalue weighted by Gasteiger charge is -2.26. The van der Waals surface area contributed by atoms with E-state index < -0.39 is 0 Å². The van der Waals surface area contributed by atoms with Gasteiger partial charge in [-0.25, -0.2) is 4.98 Å². The average Bonchev–Trinajstić information content (AvgIpc) is 3.26. The summed E-state index contributed by atoms with van der Waals surface area (Å²) in [4.78, 5) is 20.4. The van der Waals surface area contributed by atoms with Gasteiger partial charge in [-0.1, -0.05) is 29.5 Å². The number of carbonyl (C=O) groups excluding carboxylic acids is 1. The van der Waals surface area contributed by atoms with Crippen LogP contribution in [0.5, 0.6) is 5.75 Å². The Morgan fingerprint density at radius 2 is 1.84 bits per heavy atom. The molecule has 8 heteroatoms. The van der Waals surface area contributed by atoms with Crippen molar-refractivity contribution in [3.05, 3.63) is 82.9 Å². The highest BCUT2D eigenvalue weighted by Gasteiger charge is 2.25. The van der Waals surface area contributed by atoms with Gasteiger partial charge in [0.1, 0.15) is 5.75 Å². The maximum atomic E-state index is 12.8. The fraction of sp³-hybridized carbons (Fsp3) is 0.167. The number of thiazole rings is 1. The zero-order valence-electron chi connectivity index (χ0n) is 17.5. The smallest absolute Gasteiger partial charge is 0.254 e. The van der Waals surface area contributed by atoms with Gasteiger partial charge in [-0.05, 0) is 48.5 Å². The Morgan fingerprint density at radius 1 is 1.03 bits per heavy atom. The van der Waals surface area contributed by atoms with Gasteiger partial charge < -0.3 is 15.0 Å². The van der Waals surface area contributed by atoms with Crippen LogP contribution in [0.1, 0.15) is 20.9 Å². The van der Waals surface area contributed by atoms with Gasteiger partial charge in [0, 0.05) is 29.0 Å². The molecular formula is C24H21N5O2S. The second kappa shape index (κ2) is 8.76. The van der Waals surface area contributed by atoms with E-state index in [0.717, 1.165) is 39.1 Å². The van der Waals surface area contributed by atoms with E-state index in [-0.39, 0.29) is 5.91 Å². The first kappa shape index (κ1) is 20.1. The first-order valence-electron chi connectivity index (χ1n) is 10.3. The third kappa shape index (κ3) is 4.17. The Kier molecular flexibility index (Phi) is 5.51. The molecule has 0 saturated carbocycles. The third-order valence-corrected chi connectivity index (χ3v) is 6.32. The zero-order valence-corrected chi connectivity index (χ0v) is 18.3. The van der Waals surface area contributed by atoms with Crippen molar-refractivity contribution in [3.63, 3.8) is 0 Å². The van der Waals surface area contributed by atoms with Gasteiger partial charge in [-0.15, -0.1) is 10.2 Å². The zero-order chi connectivity index (χ0) is 21.9. The number of anilines is 2. The molecule has 0 spiro atoms. The lowest BCUT2D eigenvalue weighted by Crippen LogP contribution is -2.35. The molecule has 3 heterocycles. The number of carbonyl (C=O) groups is 1. The van der Waals surface area contributed by atoms with Crippen LogP contribution in [0.4, 0.5) is 10.9 Å². The van der Waals surface area contributed by atoms with Crippen molar-refractivity contribution >= 4 is 28.2 Å². The Morgan fingerprint density at radius 3 is 2.56 bits per heavy atom. The number of amides is 1. The van der Waals surface area contributed by atoms with Crippen molar-refractivity contribution < 1.29 is 9.53 Å². The summed E-state index contributed by atoms with van der Waals surface area (Å²) in [5.41, 5.74) is 3.51. The fourth-order valence-electron chi connectivity index (χ4n) is 3.61. The topological polar surface area (TPSA) is 80.2 Å². The maximum absolute atomic E-state index is 12.8. The molecule has 0 saturated heterocycles. The predicted octanol–water partition coefficient (Wildman–Crippen LogP) is 4.55. The molecule has 1 aliphatic heterocycles. The molecule has 2 aromatic carbocycles. The first-order chi connectivity index (χ1) is 15.7. The lowest BCUT2D eigenvalue weighted by atomic mass is 10.1. The van der Waals surface area contributed by atoms with Crippen molar-refractivity contribution in [3.8, 4) is 17.0 Å². The molecule has 2 aromatic heterocycles. The highest BCUT2D eigenvalue weighted by Crippen LogP contribution is 2.30. The molecule has 1 amide bonds. The van der Waals surface area contributed by atoms with E-state index in [0.29, 0.717) is 24.5 Å². The first-order valence-corrected chi connectivity index (χ1v) is 11.1. The summed E-state index contributed by atoms with van der Waals surface area (Å²) in [5, 5.41) is 12.6. The largest absolute Gasteiger partial charge is 0.497 e. The molecular weight excluding hydrogens is 422 g/mol. The van der Waals surface area contributed by atoms with E-state index in [1.54, 1.807) is 18.4 Å². The summed E-state index contributed by atoms with van der Waals surface area (Å²) in [6.45, 7) is 1.24. The molecule has 0 bridgehead atoms. The Labute approximate surface area is 189 Å². The number of hydrogen-bond donors (Lipinski definition) is 1. The second-order valence-corrected chi connectivity index (χ2v) is 8.47. The van der Waals surface area contributed by atoms with Gasteiger partial charge in [-0.2, -0.15) is 0 Å². The summed E-state index contributed by atoms with van der Waals surface area (Å²) in [7, 11) is 1.64. The number of nitrogens with zero attached hydrogens (tertiary/aromatic N) is 4. The summed E-state index contributed by atoms with van der Waals surface area (Å²) >= 11 is 1.55. The van der Waals surface area contributed by atoms with E-state index >= 15 is 0 Å². The van der Waals surface area contributed by atoms with Crippen molar-refractivity contribution in [1.82, 2.24) is 20.1 Å². The highest BCUT2D eigenvalue weighted by molar-refractivity contribution is 7.15. The monoisotopic (exact) mass is 443 g/mol. The lowest BCUT2D eigenvalue weighted by molar-refractivity contribution is 0.0736. The molecule has 0 fully saturated rings. The van der Waals surface area contributed by atoms with E-state index in [2.05, 4.69) is 15.5 Å². The van der Waals surface area contributed by atoms with Gasteiger partial charge in [0.15, 0.2) is 10.9 Å². The predicted molar refractivity (Wildman–Crippen MR) is 124 cm³/mol. The van der Waals surface area contributed by atoms with Crippen LogP contribution in [0, 0.1) is 0 Å². The summed E-state index contributed by atoms with van der Waals surface area (Å²) in [6.07, 6.45) is 0.744. The van der Waals surface area contributed by atoms with Crippen LogP contribution in [0.3, 0.4) is 0 Å². The van der Waals surface area contributed by atoms with E-state index in [4.69, 9.17) is 9.72 Å². The maximum Gasteiger partial charge on any atom is 0.254 e. The van der Waals surface area contributed by atoms with Crippen LogP contribution in [0.2, 0.25) is 0 Å². The number of nitrogens with one attached hydrogen (secondary N) is 1. The molecule has 0 atom stereocenters. The van der Waals surface area contributed by atoms with Crippen molar-refractivity contribution in [2.24, 2.45) is 0 Å². The quantitative estimate of drug-likeness (QED) is 0.487. The van der Waals surface area contributed by atoms with Crippen LogP contribution in [0.15, 0.2) is 66.7 Å². The van der Waals surface area contributed by atoms with Crippen LogP contribution < -0.4 is 10.1 Å². The van der Waals surface area contributed by atoms with Gasteiger partial charge in [0.05, 0.1) is 25.0 Å². The van der Waals surface area contributed by atoms with Crippen LogP contribution in [-0.4, -0.2) is 39.6 Å². The molecule has 32 heavy (non-hydrogen) atoms. The molecule has 4 aromatic rings. The summed E-state index contributed by atoms with van der Waals surface area (Å²) in [5.74, 6) is 1.49. The van der Waals surface area contributed by atoms with E-state index in [1.807, 2.05) is 71.6 Å². The third-order valence-electron chi connectivity index (χ3n) is 5.32. The fourth-order valence-corrected chi connectivity index (χ4v) is 4.64. The SMILES string of the molecule is COc1ccc(-c2ccc(Nc3nc4c(s3)CN(C(=O)c3ccccc3)CC4)nn2)cc1. The number of benzene rings is 2. The number of hydrogen-bond acceptors (Lipinski definition) is 7. The number of methoxy groups -OCH3 is 1. The van der Waals surface area contributed by atoms with Crippen molar-refractivity contribution in [1.29, 1.82) is 0 Å². The van der Waals surface area contributed by atoms with Gasteiger partial charge in [0.2, 0.25) is 0 Å². The summed E-state index contributed by atoms with van der Waals surface area (Å²) in [6, 6.07) is 20.9. The molecule has 1 aliphatic rings. The van der Waals surface area contributed by atoms with Crippen LogP contribution >= 0.6 is 11.3 Å². The molecule has 0 aliphatic carbocycles. The molecule has 7 nitrogen and oxygen atoms in total. The van der Waals surface area contributed by atoms with E-state index in [9.17, 15) is 4.79 Å². The van der Waals surface area contributed by atoms with Crippen molar-refractivity contribution in [2.75, 3.05) is 19.0 Å². The minimum absolute atomic E-state index is 0.0548. The molecule has 5 rings (SSSR count). The van der Waals surface area contributed by atoms with Gasteiger partial charge in [-0.3, -0.25) is 4.79 Å². The minimum atomic E-state index is 0.0548. The van der Waals surface area contributed by atoms with Crippen LogP contribution in [-0.2, 0) is 13.0 Å². The van der Waals surface area contributed by atoms with Crippen LogP contribution in [0.25, 0.3) is 11.3 Å².